The number of nitrogens with one attached hydrogen (secondary N) is 1. The van der Waals surface area contributed by atoms with E-state index in [-0.39, 0.29) is 17.9 Å². The molecule has 0 aliphatic carbocycles. The summed E-state index contributed by atoms with van der Waals surface area (Å²) in [4.78, 5) is 11.4. The number of rotatable bonds is 2. The van der Waals surface area contributed by atoms with Gasteiger partial charge in [-0.3, -0.25) is 4.79 Å². The van der Waals surface area contributed by atoms with Gasteiger partial charge in [-0.05, 0) is 41.8 Å². The third kappa shape index (κ3) is 2.78. The lowest BCUT2D eigenvalue weighted by Crippen LogP contribution is -2.25. The maximum atomic E-state index is 11.4. The number of amides is 1. The van der Waals surface area contributed by atoms with Gasteiger partial charge in [0.15, 0.2) is 6.61 Å². The molecule has 1 heterocycles. The van der Waals surface area contributed by atoms with Gasteiger partial charge in [0.05, 0.1) is 11.1 Å². The molecule has 5 heteroatoms. The Bertz CT molecular complexity index is 717. The molecule has 0 fully saturated rings. The van der Waals surface area contributed by atoms with Gasteiger partial charge in [-0.1, -0.05) is 34.1 Å². The molecule has 0 saturated carbocycles. The van der Waals surface area contributed by atoms with Crippen LogP contribution in [0.2, 0.25) is 0 Å². The van der Waals surface area contributed by atoms with E-state index in [1.165, 1.54) is 0 Å². The second-order valence-electron chi connectivity index (χ2n) is 4.91. The highest BCUT2D eigenvalue weighted by Crippen LogP contribution is 2.37. The third-order valence-corrected chi connectivity index (χ3v) is 4.86. The Morgan fingerprint density at radius 2 is 2.14 bits per heavy atom. The van der Waals surface area contributed by atoms with E-state index >= 15 is 0 Å². The fraction of sp³-hybridized carbons (Fsp3) is 0.188. The molecule has 0 spiro atoms. The van der Waals surface area contributed by atoms with Crippen molar-refractivity contribution >= 4 is 39.1 Å². The smallest absolute Gasteiger partial charge is 0.262 e. The van der Waals surface area contributed by atoms with Crippen LogP contribution in [-0.4, -0.2) is 12.5 Å². The van der Waals surface area contributed by atoms with Gasteiger partial charge in [-0.15, -0.1) is 11.6 Å². The molecular formula is C16H13BrClNO2. The van der Waals surface area contributed by atoms with Gasteiger partial charge in [0.1, 0.15) is 5.75 Å². The van der Waals surface area contributed by atoms with Gasteiger partial charge in [-0.25, -0.2) is 0 Å². The minimum absolute atomic E-state index is 0.0569. The maximum absolute atomic E-state index is 11.4. The van der Waals surface area contributed by atoms with Crippen molar-refractivity contribution in [2.24, 2.45) is 0 Å². The van der Waals surface area contributed by atoms with Gasteiger partial charge in [0.2, 0.25) is 0 Å². The van der Waals surface area contributed by atoms with Crippen molar-refractivity contribution in [3.8, 4) is 5.75 Å². The van der Waals surface area contributed by atoms with Gasteiger partial charge >= 0.3 is 0 Å². The SMILES string of the molecule is Cc1c(Br)cccc1C(Cl)c1ccc2c(c1)NC(=O)CO2. The van der Waals surface area contributed by atoms with Crippen molar-refractivity contribution in [1.29, 1.82) is 0 Å². The summed E-state index contributed by atoms with van der Waals surface area (Å²) in [5.41, 5.74) is 3.73. The zero-order chi connectivity index (χ0) is 15.0. The lowest BCUT2D eigenvalue weighted by atomic mass is 9.99. The van der Waals surface area contributed by atoms with Crippen molar-refractivity contribution in [1.82, 2.24) is 0 Å². The van der Waals surface area contributed by atoms with Gasteiger partial charge < -0.3 is 10.1 Å². The summed E-state index contributed by atoms with van der Waals surface area (Å²) in [6.45, 7) is 2.08. The molecule has 1 atom stereocenters. The number of halogens is 2. The first-order valence-corrected chi connectivity index (χ1v) is 7.75. The minimum atomic E-state index is -0.286. The van der Waals surface area contributed by atoms with Crippen LogP contribution < -0.4 is 10.1 Å². The Hall–Kier alpha value is -1.52. The molecule has 1 N–H and O–H groups in total. The lowest BCUT2D eigenvalue weighted by Gasteiger charge is -2.20. The number of anilines is 1. The van der Waals surface area contributed by atoms with Gasteiger partial charge in [0.25, 0.3) is 5.91 Å². The second-order valence-corrected chi connectivity index (χ2v) is 6.20. The number of hydrogen-bond acceptors (Lipinski definition) is 2. The molecule has 1 unspecified atom stereocenters. The number of alkyl halides is 1. The van der Waals surface area contributed by atoms with E-state index in [9.17, 15) is 4.79 Å². The molecule has 0 aromatic heterocycles. The first kappa shape index (κ1) is 14.4. The fourth-order valence-electron chi connectivity index (χ4n) is 2.34. The predicted octanol–water partition coefficient (Wildman–Crippen LogP) is 4.42. The molecule has 1 amide bonds. The predicted molar refractivity (Wildman–Crippen MR) is 87.1 cm³/mol. The fourth-order valence-corrected chi connectivity index (χ4v) is 3.09. The van der Waals surface area contributed by atoms with Crippen LogP contribution in [0.4, 0.5) is 5.69 Å². The molecule has 1 aliphatic heterocycles. The van der Waals surface area contributed by atoms with Crippen molar-refractivity contribution in [3.05, 3.63) is 57.6 Å². The first-order chi connectivity index (χ1) is 10.1. The van der Waals surface area contributed by atoms with Crippen LogP contribution in [-0.2, 0) is 4.79 Å². The van der Waals surface area contributed by atoms with Crippen LogP contribution in [0, 0.1) is 6.92 Å². The van der Waals surface area contributed by atoms with Gasteiger partial charge in [-0.2, -0.15) is 0 Å². The number of carbonyl (C=O) groups is 1. The quantitative estimate of drug-likeness (QED) is 0.799. The maximum Gasteiger partial charge on any atom is 0.262 e. The normalized spacial score (nSPS) is 14.9. The van der Waals surface area contributed by atoms with E-state index in [0.717, 1.165) is 21.2 Å². The van der Waals surface area contributed by atoms with Crippen molar-refractivity contribution < 1.29 is 9.53 Å². The number of fused-ring (bicyclic) bond motifs is 1. The van der Waals surface area contributed by atoms with Crippen molar-refractivity contribution in [3.63, 3.8) is 0 Å². The van der Waals surface area contributed by atoms with Crippen LogP contribution in [0.25, 0.3) is 0 Å². The number of hydrogen-bond donors (Lipinski definition) is 1. The lowest BCUT2D eigenvalue weighted by molar-refractivity contribution is -0.118. The molecule has 2 aromatic carbocycles. The van der Waals surface area contributed by atoms with Crippen LogP contribution in [0.3, 0.4) is 0 Å². The van der Waals surface area contributed by atoms with E-state index < -0.39 is 0 Å². The zero-order valence-electron chi connectivity index (χ0n) is 11.3. The Labute approximate surface area is 136 Å². The molecule has 0 radical (unpaired) electrons. The van der Waals surface area contributed by atoms with Crippen LogP contribution >= 0.6 is 27.5 Å². The third-order valence-electron chi connectivity index (χ3n) is 3.51. The van der Waals surface area contributed by atoms with Crippen LogP contribution in [0.15, 0.2) is 40.9 Å². The summed E-state index contributed by atoms with van der Waals surface area (Å²) >= 11 is 10.1. The summed E-state index contributed by atoms with van der Waals surface area (Å²) < 4.78 is 6.38. The zero-order valence-corrected chi connectivity index (χ0v) is 13.7. The van der Waals surface area contributed by atoms with Crippen LogP contribution in [0.5, 0.6) is 5.75 Å². The standard InChI is InChI=1S/C16H13BrClNO2/c1-9-11(3-2-4-12(9)17)16(18)10-5-6-14-13(7-10)19-15(20)8-21-14/h2-7,16H,8H2,1H3,(H,19,20). The highest BCUT2D eigenvalue weighted by Gasteiger charge is 2.20. The van der Waals surface area contributed by atoms with E-state index in [1.54, 1.807) is 0 Å². The van der Waals surface area contributed by atoms with Gasteiger partial charge in [0, 0.05) is 4.47 Å². The largest absolute Gasteiger partial charge is 0.482 e. The van der Waals surface area contributed by atoms with E-state index in [4.69, 9.17) is 16.3 Å². The summed E-state index contributed by atoms with van der Waals surface area (Å²) in [6.07, 6.45) is 0. The molecule has 3 nitrogen and oxygen atoms in total. The Morgan fingerprint density at radius 3 is 2.95 bits per heavy atom. The number of ether oxygens (including phenoxy) is 1. The van der Waals surface area contributed by atoms with Crippen LogP contribution in [0.1, 0.15) is 22.1 Å². The Balaban J connectivity index is 1.98. The average molecular weight is 367 g/mol. The molecular weight excluding hydrogens is 354 g/mol. The number of carbonyl (C=O) groups excluding carboxylic acids is 1. The highest BCUT2D eigenvalue weighted by molar-refractivity contribution is 9.10. The Morgan fingerprint density at radius 1 is 1.33 bits per heavy atom. The van der Waals surface area contributed by atoms with Crippen molar-refractivity contribution in [2.45, 2.75) is 12.3 Å². The molecule has 1 aliphatic rings. The first-order valence-electron chi connectivity index (χ1n) is 6.52. The topological polar surface area (TPSA) is 38.3 Å². The van der Waals surface area contributed by atoms with E-state index in [1.807, 2.05) is 43.3 Å². The molecule has 0 bridgehead atoms. The molecule has 21 heavy (non-hydrogen) atoms. The van der Waals surface area contributed by atoms with E-state index in [2.05, 4.69) is 21.2 Å². The average Bonchev–Trinajstić information content (AvgIpc) is 2.48. The molecule has 0 saturated heterocycles. The molecule has 3 rings (SSSR count). The van der Waals surface area contributed by atoms with E-state index in [0.29, 0.717) is 11.4 Å². The summed E-state index contributed by atoms with van der Waals surface area (Å²) in [5, 5.41) is 2.52. The minimum Gasteiger partial charge on any atom is -0.482 e. The van der Waals surface area contributed by atoms with Crippen molar-refractivity contribution in [2.75, 3.05) is 11.9 Å². The second kappa shape index (κ2) is 5.70. The monoisotopic (exact) mass is 365 g/mol. The molecule has 2 aromatic rings. The number of benzene rings is 2. The summed E-state index contributed by atoms with van der Waals surface area (Å²) in [5.74, 6) is 0.526. The summed E-state index contributed by atoms with van der Waals surface area (Å²) in [7, 11) is 0. The molecule has 108 valence electrons. The summed E-state index contributed by atoms with van der Waals surface area (Å²) in [6, 6.07) is 11.6. The highest BCUT2D eigenvalue weighted by atomic mass is 79.9. The Kier molecular flexibility index (Phi) is 3.91.